The first-order valence-electron chi connectivity index (χ1n) is 7.97. The van der Waals surface area contributed by atoms with Crippen LogP contribution in [0.3, 0.4) is 0 Å². The lowest BCUT2D eigenvalue weighted by Gasteiger charge is -2.17. The van der Waals surface area contributed by atoms with E-state index in [2.05, 4.69) is 42.1 Å². The molecule has 1 unspecified atom stereocenters. The van der Waals surface area contributed by atoms with Crippen molar-refractivity contribution in [2.45, 2.75) is 39.7 Å². The van der Waals surface area contributed by atoms with Crippen LogP contribution in [0.2, 0.25) is 0 Å². The van der Waals surface area contributed by atoms with Crippen molar-refractivity contribution < 1.29 is 4.74 Å². The fourth-order valence-corrected chi connectivity index (χ4v) is 3.21. The van der Waals surface area contributed by atoms with Crippen LogP contribution in [0.25, 0.3) is 10.2 Å². The van der Waals surface area contributed by atoms with E-state index in [-0.39, 0.29) is 6.10 Å². The van der Waals surface area contributed by atoms with E-state index in [0.29, 0.717) is 0 Å². The van der Waals surface area contributed by atoms with Crippen LogP contribution in [0, 0.1) is 0 Å². The molecule has 0 saturated heterocycles. The summed E-state index contributed by atoms with van der Waals surface area (Å²) in [6, 6.07) is 10.1. The molecule has 0 bridgehead atoms. The molecule has 0 radical (unpaired) electrons. The first-order chi connectivity index (χ1) is 11.2. The summed E-state index contributed by atoms with van der Waals surface area (Å²) in [5, 5.41) is 4.48. The molecule has 3 aromatic rings. The normalized spacial score (nSPS) is 12.3. The maximum Gasteiger partial charge on any atom is 0.143 e. The number of hydrogen-bond acceptors (Lipinski definition) is 5. The minimum atomic E-state index is 0.177. The molecule has 0 aliphatic heterocycles. The second-order valence-corrected chi connectivity index (χ2v) is 6.58. The highest BCUT2D eigenvalue weighted by molar-refractivity contribution is 7.18. The highest BCUT2D eigenvalue weighted by Gasteiger charge is 2.11. The number of anilines is 2. The summed E-state index contributed by atoms with van der Waals surface area (Å²) < 4.78 is 6.00. The Hall–Kier alpha value is -2.14. The molecule has 0 aliphatic carbocycles. The van der Waals surface area contributed by atoms with Gasteiger partial charge < -0.3 is 10.1 Å². The number of rotatable bonds is 6. The summed E-state index contributed by atoms with van der Waals surface area (Å²) in [7, 11) is 0. The summed E-state index contributed by atoms with van der Waals surface area (Å²) in [5.41, 5.74) is 0.928. The predicted octanol–water partition coefficient (Wildman–Crippen LogP) is 5.17. The van der Waals surface area contributed by atoms with E-state index in [9.17, 15) is 0 Å². The molecule has 120 valence electrons. The number of aromatic nitrogens is 2. The maximum atomic E-state index is 6.00. The van der Waals surface area contributed by atoms with Gasteiger partial charge in [-0.3, -0.25) is 0 Å². The van der Waals surface area contributed by atoms with E-state index in [1.165, 1.54) is 4.88 Å². The van der Waals surface area contributed by atoms with Gasteiger partial charge in [0.2, 0.25) is 0 Å². The van der Waals surface area contributed by atoms with Gasteiger partial charge in [0, 0.05) is 4.88 Å². The van der Waals surface area contributed by atoms with Crippen LogP contribution in [-0.2, 0) is 6.42 Å². The number of ether oxygens (including phenoxy) is 1. The third kappa shape index (κ3) is 3.45. The fraction of sp³-hybridized carbons (Fsp3) is 0.333. The quantitative estimate of drug-likeness (QED) is 0.678. The van der Waals surface area contributed by atoms with Gasteiger partial charge in [0.25, 0.3) is 0 Å². The first kappa shape index (κ1) is 15.7. The zero-order valence-electron chi connectivity index (χ0n) is 13.7. The Morgan fingerprint density at radius 3 is 2.83 bits per heavy atom. The van der Waals surface area contributed by atoms with E-state index in [0.717, 1.165) is 40.3 Å². The van der Waals surface area contributed by atoms with Crippen molar-refractivity contribution in [3.63, 3.8) is 0 Å². The SMILES string of the molecule is CCc1cc2c(Nc3ccccc3OC(C)CC)ncnc2s1. The molecule has 0 spiro atoms. The lowest BCUT2D eigenvalue weighted by molar-refractivity contribution is 0.218. The third-order valence-corrected chi connectivity index (χ3v) is 4.96. The van der Waals surface area contributed by atoms with Crippen LogP contribution in [0.5, 0.6) is 5.75 Å². The number of benzene rings is 1. The van der Waals surface area contributed by atoms with Crippen molar-refractivity contribution in [2.75, 3.05) is 5.32 Å². The standard InChI is InChI=1S/C18H21N3OS/c1-4-12(3)22-16-9-7-6-8-15(16)21-17-14-10-13(5-2)23-18(14)20-11-19-17/h6-12H,4-5H2,1-3H3,(H,19,20,21). The molecule has 0 amide bonds. The average Bonchev–Trinajstić information content (AvgIpc) is 3.01. The van der Waals surface area contributed by atoms with Gasteiger partial charge in [0.15, 0.2) is 0 Å². The van der Waals surface area contributed by atoms with E-state index in [1.54, 1.807) is 17.7 Å². The van der Waals surface area contributed by atoms with Gasteiger partial charge in [-0.1, -0.05) is 26.0 Å². The Bertz CT molecular complexity index is 800. The smallest absolute Gasteiger partial charge is 0.143 e. The van der Waals surface area contributed by atoms with Crippen molar-refractivity contribution in [3.05, 3.63) is 41.5 Å². The molecule has 0 saturated carbocycles. The number of fused-ring (bicyclic) bond motifs is 1. The second-order valence-electron chi connectivity index (χ2n) is 5.47. The van der Waals surface area contributed by atoms with E-state index >= 15 is 0 Å². The van der Waals surface area contributed by atoms with Gasteiger partial charge in [0.05, 0.1) is 17.2 Å². The minimum absolute atomic E-state index is 0.177. The van der Waals surface area contributed by atoms with Crippen molar-refractivity contribution in [2.24, 2.45) is 0 Å². The molecular weight excluding hydrogens is 306 g/mol. The maximum absolute atomic E-state index is 6.00. The summed E-state index contributed by atoms with van der Waals surface area (Å²) in [4.78, 5) is 11.1. The van der Waals surface area contributed by atoms with Crippen LogP contribution >= 0.6 is 11.3 Å². The number of para-hydroxylation sites is 2. The van der Waals surface area contributed by atoms with Crippen LogP contribution in [-0.4, -0.2) is 16.1 Å². The lowest BCUT2D eigenvalue weighted by Crippen LogP contribution is -2.11. The third-order valence-electron chi connectivity index (χ3n) is 3.77. The van der Waals surface area contributed by atoms with E-state index in [1.807, 2.05) is 24.3 Å². The first-order valence-corrected chi connectivity index (χ1v) is 8.79. The molecule has 1 atom stereocenters. The van der Waals surface area contributed by atoms with Crippen LogP contribution in [0.4, 0.5) is 11.5 Å². The largest absolute Gasteiger partial charge is 0.489 e. The minimum Gasteiger partial charge on any atom is -0.489 e. The number of thiophene rings is 1. The predicted molar refractivity (Wildman–Crippen MR) is 96.9 cm³/mol. The number of aryl methyl sites for hydroxylation is 1. The summed E-state index contributed by atoms with van der Waals surface area (Å²) in [6.45, 7) is 6.35. The van der Waals surface area contributed by atoms with Crippen molar-refractivity contribution >= 4 is 33.1 Å². The zero-order chi connectivity index (χ0) is 16.2. The van der Waals surface area contributed by atoms with Gasteiger partial charge in [-0.25, -0.2) is 9.97 Å². The summed E-state index contributed by atoms with van der Waals surface area (Å²) >= 11 is 1.72. The monoisotopic (exact) mass is 327 g/mol. The van der Waals surface area contributed by atoms with Gasteiger partial charge in [0.1, 0.15) is 22.7 Å². The topological polar surface area (TPSA) is 47.0 Å². The summed E-state index contributed by atoms with van der Waals surface area (Å²) in [6.07, 6.45) is 3.76. The zero-order valence-corrected chi connectivity index (χ0v) is 14.5. The fourth-order valence-electron chi connectivity index (χ4n) is 2.28. The van der Waals surface area contributed by atoms with Gasteiger partial charge in [-0.15, -0.1) is 11.3 Å². The molecule has 0 fully saturated rings. The Balaban J connectivity index is 1.95. The average molecular weight is 327 g/mol. The molecule has 2 aromatic heterocycles. The van der Waals surface area contributed by atoms with Crippen LogP contribution < -0.4 is 10.1 Å². The number of hydrogen-bond donors (Lipinski definition) is 1. The molecule has 1 aromatic carbocycles. The Kier molecular flexibility index (Phi) is 4.76. The molecular formula is C18H21N3OS. The van der Waals surface area contributed by atoms with Gasteiger partial charge in [-0.2, -0.15) is 0 Å². The van der Waals surface area contributed by atoms with Crippen molar-refractivity contribution in [3.8, 4) is 5.75 Å². The molecule has 5 heteroatoms. The Morgan fingerprint density at radius 2 is 2.04 bits per heavy atom. The van der Waals surface area contributed by atoms with Crippen LogP contribution in [0.15, 0.2) is 36.7 Å². The Labute approximate surface area is 140 Å². The molecule has 3 rings (SSSR count). The van der Waals surface area contributed by atoms with Crippen molar-refractivity contribution in [1.29, 1.82) is 0 Å². The van der Waals surface area contributed by atoms with Gasteiger partial charge in [-0.05, 0) is 38.0 Å². The number of nitrogens with zero attached hydrogens (tertiary/aromatic N) is 2. The molecule has 4 nitrogen and oxygen atoms in total. The molecule has 1 N–H and O–H groups in total. The molecule has 0 aliphatic rings. The molecule has 23 heavy (non-hydrogen) atoms. The summed E-state index contributed by atoms with van der Waals surface area (Å²) in [5.74, 6) is 1.67. The van der Waals surface area contributed by atoms with E-state index < -0.39 is 0 Å². The lowest BCUT2D eigenvalue weighted by atomic mass is 10.2. The Morgan fingerprint density at radius 1 is 1.22 bits per heavy atom. The second kappa shape index (κ2) is 6.96. The highest BCUT2D eigenvalue weighted by Crippen LogP contribution is 2.33. The van der Waals surface area contributed by atoms with Crippen molar-refractivity contribution in [1.82, 2.24) is 9.97 Å². The van der Waals surface area contributed by atoms with E-state index in [4.69, 9.17) is 4.74 Å². The highest BCUT2D eigenvalue weighted by atomic mass is 32.1. The van der Waals surface area contributed by atoms with Gasteiger partial charge >= 0.3 is 0 Å². The number of nitrogens with one attached hydrogen (secondary N) is 1. The van der Waals surface area contributed by atoms with Crippen LogP contribution in [0.1, 0.15) is 32.1 Å². The molecule has 2 heterocycles.